The van der Waals surface area contributed by atoms with Crippen LogP contribution in [-0.4, -0.2) is 15.5 Å². The number of hydrogen-bond acceptors (Lipinski definition) is 1. The summed E-state index contributed by atoms with van der Waals surface area (Å²) in [6.45, 7) is 3.88. The molecule has 1 atom stereocenters. The second-order valence-electron chi connectivity index (χ2n) is 1.66. The normalized spacial score (nSPS) is 19.3. The number of alkyl halides is 1. The van der Waals surface area contributed by atoms with Gasteiger partial charge < -0.3 is 4.43 Å². The molecular formula is C4H11ClOSi. The van der Waals surface area contributed by atoms with E-state index < -0.39 is 0 Å². The van der Waals surface area contributed by atoms with Gasteiger partial charge in [-0.15, -0.1) is 0 Å². The molecule has 0 aliphatic rings. The fourth-order valence-electron chi connectivity index (χ4n) is 0.144. The van der Waals surface area contributed by atoms with Gasteiger partial charge in [0.25, 0.3) is 0 Å². The Kier molecular flexibility index (Phi) is 2.88. The highest BCUT2D eigenvalue weighted by atomic mass is 35.5. The van der Waals surface area contributed by atoms with Crippen LogP contribution in [0.5, 0.6) is 0 Å². The van der Waals surface area contributed by atoms with Crippen molar-refractivity contribution in [2.75, 3.05) is 0 Å². The van der Waals surface area contributed by atoms with E-state index in [-0.39, 0.29) is 5.06 Å². The third kappa shape index (κ3) is 3.09. The lowest BCUT2D eigenvalue weighted by Crippen LogP contribution is -2.17. The Morgan fingerprint density at radius 3 is 2.29 bits per heavy atom. The summed E-state index contributed by atoms with van der Waals surface area (Å²) in [5.41, 5.74) is 0. The summed E-state index contributed by atoms with van der Waals surface area (Å²) in [4.78, 5) is 0. The van der Waals surface area contributed by atoms with Crippen LogP contribution < -0.4 is 0 Å². The average Bonchev–Trinajstić information content (AvgIpc) is 1.68. The highest BCUT2D eigenvalue weighted by Crippen LogP contribution is 2.17. The SMILES string of the molecule is CCC(C)(Cl)O[SiH3]. The van der Waals surface area contributed by atoms with Crippen LogP contribution in [0, 0.1) is 0 Å². The molecule has 44 valence electrons. The molecule has 7 heavy (non-hydrogen) atoms. The first-order chi connectivity index (χ1) is 3.12. The smallest absolute Gasteiger partial charge is 0.148 e. The van der Waals surface area contributed by atoms with Crippen molar-refractivity contribution in [2.45, 2.75) is 25.3 Å². The van der Waals surface area contributed by atoms with Gasteiger partial charge in [0, 0.05) is 0 Å². The quantitative estimate of drug-likeness (QED) is 0.402. The lowest BCUT2D eigenvalue weighted by atomic mass is 10.3. The van der Waals surface area contributed by atoms with Gasteiger partial charge in [-0.3, -0.25) is 0 Å². The van der Waals surface area contributed by atoms with Crippen LogP contribution in [0.1, 0.15) is 20.3 Å². The van der Waals surface area contributed by atoms with Gasteiger partial charge in [0.15, 0.2) is 0 Å². The molecule has 0 aliphatic heterocycles. The maximum Gasteiger partial charge on any atom is 0.148 e. The lowest BCUT2D eigenvalue weighted by molar-refractivity contribution is 0.192. The van der Waals surface area contributed by atoms with E-state index in [1.54, 1.807) is 0 Å². The van der Waals surface area contributed by atoms with Crippen LogP contribution in [0.15, 0.2) is 0 Å². The maximum absolute atomic E-state index is 5.72. The Balaban J connectivity index is 3.36. The highest BCUT2D eigenvalue weighted by Gasteiger charge is 2.13. The number of rotatable bonds is 2. The molecule has 0 aromatic heterocycles. The molecular weight excluding hydrogens is 128 g/mol. The van der Waals surface area contributed by atoms with E-state index in [1.165, 1.54) is 0 Å². The summed E-state index contributed by atoms with van der Waals surface area (Å²) >= 11 is 5.72. The number of hydrogen-bond donors (Lipinski definition) is 0. The van der Waals surface area contributed by atoms with Crippen molar-refractivity contribution in [3.05, 3.63) is 0 Å². The van der Waals surface area contributed by atoms with Crippen molar-refractivity contribution >= 4 is 22.1 Å². The van der Waals surface area contributed by atoms with Crippen molar-refractivity contribution in [1.29, 1.82) is 0 Å². The van der Waals surface area contributed by atoms with E-state index in [4.69, 9.17) is 16.0 Å². The molecule has 0 aromatic carbocycles. The highest BCUT2D eigenvalue weighted by molar-refractivity contribution is 6.24. The van der Waals surface area contributed by atoms with E-state index >= 15 is 0 Å². The zero-order valence-electron chi connectivity index (χ0n) is 4.99. The molecule has 0 N–H and O–H groups in total. The molecule has 0 bridgehead atoms. The first-order valence-electron chi connectivity index (χ1n) is 2.36. The van der Waals surface area contributed by atoms with Gasteiger partial charge in [-0.25, -0.2) is 0 Å². The third-order valence-electron chi connectivity index (χ3n) is 1.06. The van der Waals surface area contributed by atoms with Gasteiger partial charge in [0.2, 0.25) is 0 Å². The van der Waals surface area contributed by atoms with Crippen molar-refractivity contribution in [1.82, 2.24) is 0 Å². The predicted molar refractivity (Wildman–Crippen MR) is 35.6 cm³/mol. The van der Waals surface area contributed by atoms with Crippen molar-refractivity contribution in [2.24, 2.45) is 0 Å². The zero-order valence-corrected chi connectivity index (χ0v) is 7.75. The molecule has 0 rings (SSSR count). The Labute approximate surface area is 52.5 Å². The number of halogens is 1. The van der Waals surface area contributed by atoms with Gasteiger partial charge in [0.05, 0.1) is 0 Å². The van der Waals surface area contributed by atoms with Gasteiger partial charge >= 0.3 is 0 Å². The minimum Gasteiger partial charge on any atom is -0.410 e. The van der Waals surface area contributed by atoms with Crippen LogP contribution in [0.3, 0.4) is 0 Å². The standard InChI is InChI=1S/C4H11ClOSi/c1-3-4(2,5)6-7/h3H2,1-2,7H3. The van der Waals surface area contributed by atoms with E-state index in [9.17, 15) is 0 Å². The second kappa shape index (κ2) is 2.70. The molecule has 0 heterocycles. The van der Waals surface area contributed by atoms with Crippen LogP contribution in [0.4, 0.5) is 0 Å². The van der Waals surface area contributed by atoms with Crippen LogP contribution in [-0.2, 0) is 4.43 Å². The summed E-state index contributed by atoms with van der Waals surface area (Å²) in [5.74, 6) is 0. The van der Waals surface area contributed by atoms with Gasteiger partial charge in [-0.2, -0.15) is 0 Å². The lowest BCUT2D eigenvalue weighted by Gasteiger charge is -2.17. The molecule has 0 amide bonds. The molecule has 0 fully saturated rings. The Bertz CT molecular complexity index is 49.7. The topological polar surface area (TPSA) is 9.23 Å². The molecule has 0 aromatic rings. The van der Waals surface area contributed by atoms with Crippen LogP contribution in [0.25, 0.3) is 0 Å². The fourth-order valence-corrected chi connectivity index (χ4v) is 0.433. The molecule has 0 spiro atoms. The fraction of sp³-hybridized carbons (Fsp3) is 1.00. The van der Waals surface area contributed by atoms with Crippen molar-refractivity contribution in [3.8, 4) is 0 Å². The predicted octanol–water partition coefficient (Wildman–Crippen LogP) is 0.648. The van der Waals surface area contributed by atoms with E-state index in [0.29, 0.717) is 0 Å². The Morgan fingerprint density at radius 2 is 2.29 bits per heavy atom. The van der Waals surface area contributed by atoms with E-state index in [1.807, 2.05) is 13.8 Å². The Hall–Kier alpha value is 0.467. The van der Waals surface area contributed by atoms with Gasteiger partial charge in [-0.05, 0) is 13.3 Å². The first kappa shape index (κ1) is 7.47. The Morgan fingerprint density at radius 1 is 1.86 bits per heavy atom. The second-order valence-corrected chi connectivity index (χ2v) is 2.87. The molecule has 3 heteroatoms. The maximum atomic E-state index is 5.72. The zero-order chi connectivity index (χ0) is 5.91. The summed E-state index contributed by atoms with van der Waals surface area (Å²) in [5, 5.41) is -0.383. The molecule has 1 unspecified atom stereocenters. The largest absolute Gasteiger partial charge is 0.410 e. The first-order valence-corrected chi connectivity index (χ1v) is 3.56. The van der Waals surface area contributed by atoms with E-state index in [2.05, 4.69) is 0 Å². The molecule has 0 radical (unpaired) electrons. The van der Waals surface area contributed by atoms with Gasteiger partial charge in [0.1, 0.15) is 15.5 Å². The van der Waals surface area contributed by atoms with Crippen molar-refractivity contribution < 1.29 is 4.43 Å². The minimum atomic E-state index is -0.383. The molecule has 0 saturated carbocycles. The van der Waals surface area contributed by atoms with Crippen LogP contribution >= 0.6 is 11.6 Å². The van der Waals surface area contributed by atoms with E-state index in [0.717, 1.165) is 16.9 Å². The molecule has 0 aliphatic carbocycles. The molecule has 0 saturated heterocycles. The van der Waals surface area contributed by atoms with Gasteiger partial charge in [-0.1, -0.05) is 18.5 Å². The monoisotopic (exact) mass is 138 g/mol. The third-order valence-corrected chi connectivity index (χ3v) is 2.64. The summed E-state index contributed by atoms with van der Waals surface area (Å²) in [6, 6.07) is 0. The molecule has 1 nitrogen and oxygen atoms in total. The van der Waals surface area contributed by atoms with Crippen molar-refractivity contribution in [3.63, 3.8) is 0 Å². The minimum absolute atomic E-state index is 0.383. The summed E-state index contributed by atoms with van der Waals surface area (Å²) in [6.07, 6.45) is 0.873. The average molecular weight is 139 g/mol. The summed E-state index contributed by atoms with van der Waals surface area (Å²) in [7, 11) is 0.725. The summed E-state index contributed by atoms with van der Waals surface area (Å²) < 4.78 is 4.99. The van der Waals surface area contributed by atoms with Crippen LogP contribution in [0.2, 0.25) is 0 Å².